The van der Waals surface area contributed by atoms with Crippen LogP contribution < -0.4 is 5.32 Å². The number of aliphatic carboxylic acids is 1. The third-order valence-electron chi connectivity index (χ3n) is 2.27. The number of nitrogens with one attached hydrogen (secondary N) is 1. The largest absolute Gasteiger partial charge is 0.480 e. The Morgan fingerprint density at radius 2 is 2.32 bits per heavy atom. The van der Waals surface area contributed by atoms with Crippen LogP contribution in [0.3, 0.4) is 0 Å². The fourth-order valence-electron chi connectivity index (χ4n) is 1.44. The Kier molecular flexibility index (Phi) is 6.07. The van der Waals surface area contributed by atoms with Gasteiger partial charge >= 0.3 is 12.0 Å². The van der Waals surface area contributed by atoms with Gasteiger partial charge in [0.2, 0.25) is 0 Å². The number of nitrogens with zero attached hydrogens (tertiary/aromatic N) is 4. The van der Waals surface area contributed by atoms with E-state index in [1.807, 2.05) is 0 Å². The molecule has 0 radical (unpaired) electrons. The van der Waals surface area contributed by atoms with Crippen LogP contribution in [0.4, 0.5) is 4.79 Å². The lowest BCUT2D eigenvalue weighted by molar-refractivity contribution is -0.137. The van der Waals surface area contributed by atoms with E-state index in [9.17, 15) is 9.59 Å². The second-order valence-electron chi connectivity index (χ2n) is 3.81. The van der Waals surface area contributed by atoms with E-state index in [2.05, 4.69) is 22.2 Å². The molecular formula is C11H17N5O3. The molecule has 8 nitrogen and oxygen atoms in total. The molecule has 2 N–H and O–H groups in total. The predicted octanol–water partition coefficient (Wildman–Crippen LogP) is -0.0496. The summed E-state index contributed by atoms with van der Waals surface area (Å²) in [5, 5.41) is 18.8. The highest BCUT2D eigenvalue weighted by Gasteiger charge is 2.14. The molecule has 0 saturated heterocycles. The standard InChI is InChI=1S/C11H17N5O3/c1-2-6-15(9-10(17)18)11(19)12-4-3-7-16-8-5-13-14-16/h2,5,8H,1,3-4,6-7,9H2,(H,12,19)(H,17,18). The molecule has 1 aromatic rings. The van der Waals surface area contributed by atoms with Gasteiger partial charge in [-0.05, 0) is 6.42 Å². The zero-order valence-electron chi connectivity index (χ0n) is 10.5. The minimum Gasteiger partial charge on any atom is -0.480 e. The van der Waals surface area contributed by atoms with Crippen LogP contribution in [0.2, 0.25) is 0 Å². The van der Waals surface area contributed by atoms with E-state index >= 15 is 0 Å². The van der Waals surface area contributed by atoms with E-state index < -0.39 is 12.0 Å². The number of urea groups is 1. The number of hydrogen-bond donors (Lipinski definition) is 2. The smallest absolute Gasteiger partial charge is 0.323 e. The molecular weight excluding hydrogens is 250 g/mol. The molecule has 1 rings (SSSR count). The van der Waals surface area contributed by atoms with Crippen molar-refractivity contribution in [1.29, 1.82) is 0 Å². The number of hydrogen-bond acceptors (Lipinski definition) is 4. The highest BCUT2D eigenvalue weighted by atomic mass is 16.4. The Labute approximate surface area is 110 Å². The quantitative estimate of drug-likeness (QED) is 0.508. The average Bonchev–Trinajstić information content (AvgIpc) is 2.86. The summed E-state index contributed by atoms with van der Waals surface area (Å²) in [5.74, 6) is -1.06. The predicted molar refractivity (Wildman–Crippen MR) is 67.4 cm³/mol. The molecule has 1 heterocycles. The van der Waals surface area contributed by atoms with Crippen molar-refractivity contribution in [3.63, 3.8) is 0 Å². The Hall–Kier alpha value is -2.38. The van der Waals surface area contributed by atoms with Crippen LogP contribution in [0.5, 0.6) is 0 Å². The molecule has 0 fully saturated rings. The molecule has 0 aliphatic carbocycles. The summed E-state index contributed by atoms with van der Waals surface area (Å²) in [6, 6.07) is -0.416. The summed E-state index contributed by atoms with van der Waals surface area (Å²) in [4.78, 5) is 23.5. The van der Waals surface area contributed by atoms with Crippen molar-refractivity contribution < 1.29 is 14.7 Å². The fourth-order valence-corrected chi connectivity index (χ4v) is 1.44. The summed E-state index contributed by atoms with van der Waals surface area (Å²) in [7, 11) is 0. The molecule has 1 aromatic heterocycles. The number of amides is 2. The maximum absolute atomic E-state index is 11.7. The second kappa shape index (κ2) is 7.85. The number of carboxylic acid groups (broad SMARTS) is 1. The summed E-state index contributed by atoms with van der Waals surface area (Å²) in [5.41, 5.74) is 0. The van der Waals surface area contributed by atoms with E-state index in [0.29, 0.717) is 19.5 Å². The molecule has 0 saturated carbocycles. The first-order valence-corrected chi connectivity index (χ1v) is 5.83. The molecule has 0 aromatic carbocycles. The Balaban J connectivity index is 2.27. The lowest BCUT2D eigenvalue weighted by atomic mass is 10.4. The van der Waals surface area contributed by atoms with E-state index in [0.717, 1.165) is 0 Å². The van der Waals surface area contributed by atoms with Gasteiger partial charge in [0.1, 0.15) is 6.54 Å². The first-order chi connectivity index (χ1) is 9.13. The van der Waals surface area contributed by atoms with Crippen LogP contribution in [0, 0.1) is 0 Å². The van der Waals surface area contributed by atoms with Crippen LogP contribution in [0.1, 0.15) is 6.42 Å². The topological polar surface area (TPSA) is 100 Å². The lowest BCUT2D eigenvalue weighted by Gasteiger charge is -2.19. The van der Waals surface area contributed by atoms with Crippen LogP contribution in [-0.2, 0) is 11.3 Å². The van der Waals surface area contributed by atoms with Crippen molar-refractivity contribution >= 4 is 12.0 Å². The first-order valence-electron chi connectivity index (χ1n) is 5.83. The van der Waals surface area contributed by atoms with Crippen LogP contribution in [0.25, 0.3) is 0 Å². The number of aromatic nitrogens is 3. The van der Waals surface area contributed by atoms with Gasteiger partial charge in [-0.2, -0.15) is 0 Å². The molecule has 8 heteroatoms. The SMILES string of the molecule is C=CCN(CC(=O)O)C(=O)NCCCn1ccnn1. The van der Waals surface area contributed by atoms with Crippen molar-refractivity contribution in [2.45, 2.75) is 13.0 Å². The minimum atomic E-state index is -1.06. The maximum Gasteiger partial charge on any atom is 0.323 e. The van der Waals surface area contributed by atoms with E-state index in [-0.39, 0.29) is 13.1 Å². The second-order valence-corrected chi connectivity index (χ2v) is 3.81. The monoisotopic (exact) mass is 267 g/mol. The fraction of sp³-hybridized carbons (Fsp3) is 0.455. The van der Waals surface area contributed by atoms with Gasteiger partial charge in [-0.25, -0.2) is 4.79 Å². The van der Waals surface area contributed by atoms with Crippen LogP contribution in [0.15, 0.2) is 25.0 Å². The van der Waals surface area contributed by atoms with Gasteiger partial charge in [-0.1, -0.05) is 11.3 Å². The van der Waals surface area contributed by atoms with Gasteiger partial charge in [0, 0.05) is 25.8 Å². The lowest BCUT2D eigenvalue weighted by Crippen LogP contribution is -2.43. The molecule has 104 valence electrons. The normalized spacial score (nSPS) is 9.89. The molecule has 19 heavy (non-hydrogen) atoms. The average molecular weight is 267 g/mol. The van der Waals surface area contributed by atoms with Crippen LogP contribution in [-0.4, -0.2) is 56.6 Å². The van der Waals surface area contributed by atoms with Gasteiger partial charge in [0.25, 0.3) is 0 Å². The molecule has 0 spiro atoms. The van der Waals surface area contributed by atoms with Crippen molar-refractivity contribution in [2.24, 2.45) is 0 Å². The Morgan fingerprint density at radius 1 is 1.53 bits per heavy atom. The third-order valence-corrected chi connectivity index (χ3v) is 2.27. The number of carbonyl (C=O) groups excluding carboxylic acids is 1. The summed E-state index contributed by atoms with van der Waals surface area (Å²) < 4.78 is 1.66. The van der Waals surface area contributed by atoms with Crippen molar-refractivity contribution in [1.82, 2.24) is 25.2 Å². The molecule has 0 unspecified atom stereocenters. The van der Waals surface area contributed by atoms with E-state index in [4.69, 9.17) is 5.11 Å². The highest BCUT2D eigenvalue weighted by Crippen LogP contribution is 1.92. The minimum absolute atomic E-state index is 0.196. The zero-order chi connectivity index (χ0) is 14.1. The van der Waals surface area contributed by atoms with Gasteiger partial charge < -0.3 is 15.3 Å². The van der Waals surface area contributed by atoms with Crippen molar-refractivity contribution in [3.8, 4) is 0 Å². The number of rotatable bonds is 8. The van der Waals surface area contributed by atoms with Crippen molar-refractivity contribution in [2.75, 3.05) is 19.6 Å². The summed E-state index contributed by atoms with van der Waals surface area (Å²) in [6.45, 7) is 4.41. The molecule has 0 aliphatic heterocycles. The Bertz CT molecular complexity index is 418. The van der Waals surface area contributed by atoms with Gasteiger partial charge in [0.15, 0.2) is 0 Å². The third kappa shape index (κ3) is 5.66. The maximum atomic E-state index is 11.7. The van der Waals surface area contributed by atoms with Crippen molar-refractivity contribution in [3.05, 3.63) is 25.0 Å². The van der Waals surface area contributed by atoms with E-state index in [1.165, 1.54) is 11.0 Å². The summed E-state index contributed by atoms with van der Waals surface area (Å²) >= 11 is 0. The zero-order valence-corrected chi connectivity index (χ0v) is 10.5. The molecule has 0 aliphatic rings. The van der Waals surface area contributed by atoms with Crippen LogP contribution >= 0.6 is 0 Å². The van der Waals surface area contributed by atoms with Gasteiger partial charge in [-0.15, -0.1) is 11.7 Å². The van der Waals surface area contributed by atoms with Gasteiger partial charge in [0.05, 0.1) is 6.20 Å². The molecule has 2 amide bonds. The Morgan fingerprint density at radius 3 is 2.89 bits per heavy atom. The van der Waals surface area contributed by atoms with E-state index in [1.54, 1.807) is 17.1 Å². The van der Waals surface area contributed by atoms with Gasteiger partial charge in [-0.3, -0.25) is 9.48 Å². The number of carboxylic acids is 1. The number of aryl methyl sites for hydroxylation is 1. The molecule has 0 atom stereocenters. The number of carbonyl (C=O) groups is 2. The highest BCUT2D eigenvalue weighted by molar-refractivity contribution is 5.80. The molecule has 0 bridgehead atoms. The first kappa shape index (κ1) is 14.7. The summed E-state index contributed by atoms with van der Waals surface area (Å²) in [6.07, 6.45) is 5.48.